The van der Waals surface area contributed by atoms with Crippen molar-refractivity contribution in [3.63, 3.8) is 0 Å². The number of carbonyl (C=O) groups excluding carboxylic acids is 1. The third-order valence-electron chi connectivity index (χ3n) is 3.77. The van der Waals surface area contributed by atoms with Gasteiger partial charge in [0.05, 0.1) is 12.0 Å². The first-order valence-corrected chi connectivity index (χ1v) is 9.75. The molecule has 1 rings (SSSR count). The molecule has 4 heteroatoms. The third kappa shape index (κ3) is 7.71. The van der Waals surface area contributed by atoms with Gasteiger partial charge in [-0.25, -0.2) is 0 Å². The van der Waals surface area contributed by atoms with Gasteiger partial charge in [-0.05, 0) is 39.3 Å². The van der Waals surface area contributed by atoms with E-state index in [1.807, 2.05) is 58.0 Å². The molecule has 0 aliphatic rings. The Labute approximate surface area is 151 Å². The number of hydrogen-bond acceptors (Lipinski definition) is 4. The highest BCUT2D eigenvalue weighted by molar-refractivity contribution is 8.00. The SMILES string of the molecule is CCCCC[C@H](O)[C@@H](C(=O)OC(C)(C)C)[C@@H](C)Sc1ccccc1. The van der Waals surface area contributed by atoms with E-state index in [-0.39, 0.29) is 11.2 Å². The van der Waals surface area contributed by atoms with Crippen LogP contribution in [0.2, 0.25) is 0 Å². The lowest BCUT2D eigenvalue weighted by Crippen LogP contribution is -2.39. The lowest BCUT2D eigenvalue weighted by atomic mass is 9.94. The Morgan fingerprint density at radius 1 is 1.21 bits per heavy atom. The van der Waals surface area contributed by atoms with Crippen LogP contribution < -0.4 is 0 Å². The Hall–Kier alpha value is -1.00. The molecule has 0 bridgehead atoms. The van der Waals surface area contributed by atoms with Gasteiger partial charge in [-0.15, -0.1) is 11.8 Å². The van der Waals surface area contributed by atoms with Gasteiger partial charge in [-0.3, -0.25) is 4.79 Å². The molecule has 0 unspecified atom stereocenters. The molecule has 0 aliphatic carbocycles. The molecule has 0 fully saturated rings. The zero-order valence-corrected chi connectivity index (χ0v) is 16.4. The monoisotopic (exact) mass is 352 g/mol. The molecule has 3 atom stereocenters. The van der Waals surface area contributed by atoms with Crippen molar-refractivity contribution in [3.05, 3.63) is 30.3 Å². The zero-order valence-electron chi connectivity index (χ0n) is 15.6. The lowest BCUT2D eigenvalue weighted by Gasteiger charge is -2.30. The van der Waals surface area contributed by atoms with Crippen LogP contribution >= 0.6 is 11.8 Å². The first-order chi connectivity index (χ1) is 11.2. The topological polar surface area (TPSA) is 46.5 Å². The van der Waals surface area contributed by atoms with E-state index in [1.165, 1.54) is 0 Å². The van der Waals surface area contributed by atoms with Crippen molar-refractivity contribution in [2.45, 2.75) is 82.2 Å². The van der Waals surface area contributed by atoms with E-state index >= 15 is 0 Å². The number of aliphatic hydroxyl groups is 1. The predicted octanol–water partition coefficient (Wildman–Crippen LogP) is 5.07. The fourth-order valence-electron chi connectivity index (χ4n) is 2.60. The smallest absolute Gasteiger partial charge is 0.313 e. The van der Waals surface area contributed by atoms with Crippen LogP contribution in [0.25, 0.3) is 0 Å². The second-order valence-corrected chi connectivity index (χ2v) is 8.71. The summed E-state index contributed by atoms with van der Waals surface area (Å²) in [5, 5.41) is 10.6. The van der Waals surface area contributed by atoms with Crippen LogP contribution in [0.3, 0.4) is 0 Å². The maximum atomic E-state index is 12.7. The molecular formula is C20H32O3S. The Balaban J connectivity index is 2.83. The van der Waals surface area contributed by atoms with E-state index in [0.717, 1.165) is 24.2 Å². The van der Waals surface area contributed by atoms with Crippen molar-refractivity contribution in [2.75, 3.05) is 0 Å². The Morgan fingerprint density at radius 3 is 2.38 bits per heavy atom. The van der Waals surface area contributed by atoms with E-state index in [2.05, 4.69) is 6.92 Å². The first-order valence-electron chi connectivity index (χ1n) is 8.87. The van der Waals surface area contributed by atoms with Gasteiger partial charge in [0.25, 0.3) is 0 Å². The summed E-state index contributed by atoms with van der Waals surface area (Å²) in [5.74, 6) is -0.825. The number of rotatable bonds is 9. The van der Waals surface area contributed by atoms with Crippen LogP contribution in [0.15, 0.2) is 35.2 Å². The van der Waals surface area contributed by atoms with E-state index in [1.54, 1.807) is 11.8 Å². The van der Waals surface area contributed by atoms with Crippen molar-refractivity contribution in [3.8, 4) is 0 Å². The minimum absolute atomic E-state index is 0.0566. The van der Waals surface area contributed by atoms with Gasteiger partial charge < -0.3 is 9.84 Å². The maximum absolute atomic E-state index is 12.7. The van der Waals surface area contributed by atoms with Gasteiger partial charge in [0.15, 0.2) is 0 Å². The van der Waals surface area contributed by atoms with Crippen LogP contribution in [0.1, 0.15) is 60.3 Å². The highest BCUT2D eigenvalue weighted by Gasteiger charge is 2.35. The maximum Gasteiger partial charge on any atom is 0.313 e. The third-order valence-corrected chi connectivity index (χ3v) is 4.98. The Morgan fingerprint density at radius 2 is 1.83 bits per heavy atom. The summed E-state index contributed by atoms with van der Waals surface area (Å²) in [6, 6.07) is 9.98. The van der Waals surface area contributed by atoms with Crippen LogP contribution in [-0.4, -0.2) is 28.0 Å². The molecule has 1 aromatic rings. The van der Waals surface area contributed by atoms with Crippen molar-refractivity contribution < 1.29 is 14.6 Å². The van der Waals surface area contributed by atoms with E-state index in [0.29, 0.717) is 6.42 Å². The molecule has 1 N–H and O–H groups in total. The standard InChI is InChI=1S/C20H32O3S/c1-6-7-9-14-17(21)18(19(22)23-20(3,4)5)15(2)24-16-12-10-8-11-13-16/h8,10-13,15,17-18,21H,6-7,9,14H2,1-5H3/t15-,17+,18+/m1/s1. The minimum Gasteiger partial charge on any atom is -0.460 e. The fourth-order valence-corrected chi connectivity index (χ4v) is 3.78. The zero-order chi connectivity index (χ0) is 18.2. The summed E-state index contributed by atoms with van der Waals surface area (Å²) in [5.41, 5.74) is -0.546. The Bertz CT molecular complexity index is 481. The van der Waals surface area contributed by atoms with Gasteiger partial charge >= 0.3 is 5.97 Å². The van der Waals surface area contributed by atoms with Crippen LogP contribution in [-0.2, 0) is 9.53 Å². The predicted molar refractivity (Wildman–Crippen MR) is 101 cm³/mol. The van der Waals surface area contributed by atoms with Crippen molar-refractivity contribution in [2.24, 2.45) is 5.92 Å². The molecule has 24 heavy (non-hydrogen) atoms. The fraction of sp³-hybridized carbons (Fsp3) is 0.650. The summed E-state index contributed by atoms with van der Waals surface area (Å²) >= 11 is 1.61. The first kappa shape index (κ1) is 21.0. The number of benzene rings is 1. The summed E-state index contributed by atoms with van der Waals surface area (Å²) in [6.45, 7) is 9.71. The Kier molecular flexibility index (Phi) is 8.85. The molecule has 3 nitrogen and oxygen atoms in total. The quantitative estimate of drug-likeness (QED) is 0.383. The van der Waals surface area contributed by atoms with E-state index in [9.17, 15) is 9.90 Å². The summed E-state index contributed by atoms with van der Waals surface area (Å²) in [6.07, 6.45) is 3.06. The van der Waals surface area contributed by atoms with E-state index in [4.69, 9.17) is 4.74 Å². The molecule has 0 radical (unpaired) electrons. The molecule has 136 valence electrons. The molecule has 0 saturated carbocycles. The number of unbranched alkanes of at least 4 members (excludes halogenated alkanes) is 2. The van der Waals surface area contributed by atoms with Crippen LogP contribution in [0, 0.1) is 5.92 Å². The second-order valence-electron chi connectivity index (χ2n) is 7.26. The average Bonchev–Trinajstić information content (AvgIpc) is 2.46. The normalized spacial score (nSPS) is 15.6. The van der Waals surface area contributed by atoms with Crippen molar-refractivity contribution in [1.82, 2.24) is 0 Å². The number of aliphatic hydroxyl groups excluding tert-OH is 1. The number of hydrogen-bond donors (Lipinski definition) is 1. The number of carbonyl (C=O) groups is 1. The number of thioether (sulfide) groups is 1. The van der Waals surface area contributed by atoms with Gasteiger partial charge in [-0.2, -0.15) is 0 Å². The molecule has 0 aliphatic heterocycles. The van der Waals surface area contributed by atoms with Crippen LogP contribution in [0.5, 0.6) is 0 Å². The molecule has 0 heterocycles. The van der Waals surface area contributed by atoms with Crippen molar-refractivity contribution >= 4 is 17.7 Å². The van der Waals surface area contributed by atoms with Gasteiger partial charge in [0, 0.05) is 10.1 Å². The highest BCUT2D eigenvalue weighted by Crippen LogP contribution is 2.32. The summed E-state index contributed by atoms with van der Waals surface area (Å²) in [4.78, 5) is 13.8. The average molecular weight is 353 g/mol. The van der Waals surface area contributed by atoms with Gasteiger partial charge in [0.1, 0.15) is 5.60 Å². The lowest BCUT2D eigenvalue weighted by molar-refractivity contribution is -0.164. The van der Waals surface area contributed by atoms with Gasteiger partial charge in [-0.1, -0.05) is 51.3 Å². The second kappa shape index (κ2) is 10.1. The van der Waals surface area contributed by atoms with Gasteiger partial charge in [0.2, 0.25) is 0 Å². The summed E-state index contributed by atoms with van der Waals surface area (Å²) < 4.78 is 5.57. The highest BCUT2D eigenvalue weighted by atomic mass is 32.2. The van der Waals surface area contributed by atoms with Crippen LogP contribution in [0.4, 0.5) is 0 Å². The van der Waals surface area contributed by atoms with Crippen molar-refractivity contribution in [1.29, 1.82) is 0 Å². The molecule has 0 saturated heterocycles. The molecule has 0 spiro atoms. The number of esters is 1. The minimum atomic E-state index is -0.669. The molecule has 0 amide bonds. The largest absolute Gasteiger partial charge is 0.460 e. The molecular weight excluding hydrogens is 320 g/mol. The number of ether oxygens (including phenoxy) is 1. The summed E-state index contributed by atoms with van der Waals surface area (Å²) in [7, 11) is 0. The van der Waals surface area contributed by atoms with E-state index < -0.39 is 17.6 Å². The molecule has 1 aromatic carbocycles. The molecule has 0 aromatic heterocycles.